The molecular formula is C8H7F3O3S. The second-order valence-corrected chi connectivity index (χ2v) is 4.86. The molecule has 0 saturated carbocycles. The van der Waals surface area contributed by atoms with Crippen molar-refractivity contribution in [2.45, 2.75) is 11.3 Å². The van der Waals surface area contributed by atoms with Crippen LogP contribution in [0.1, 0.15) is 5.56 Å². The molecule has 1 aromatic rings. The van der Waals surface area contributed by atoms with Gasteiger partial charge >= 0.3 is 5.51 Å². The average molecular weight is 240 g/mol. The van der Waals surface area contributed by atoms with E-state index in [0.29, 0.717) is 0 Å². The lowest BCUT2D eigenvalue weighted by molar-refractivity contribution is -0.0437. The van der Waals surface area contributed by atoms with E-state index in [9.17, 15) is 21.6 Å². The van der Waals surface area contributed by atoms with Gasteiger partial charge < -0.3 is 5.11 Å². The van der Waals surface area contributed by atoms with Crippen LogP contribution in [0.2, 0.25) is 0 Å². The van der Waals surface area contributed by atoms with Gasteiger partial charge in [0.15, 0.2) is 0 Å². The molecule has 84 valence electrons. The maximum absolute atomic E-state index is 12.0. The van der Waals surface area contributed by atoms with Gasteiger partial charge in [-0.25, -0.2) is 8.42 Å². The number of halogens is 3. The van der Waals surface area contributed by atoms with Crippen molar-refractivity contribution in [1.82, 2.24) is 0 Å². The Balaban J connectivity index is 2.98. The average Bonchev–Trinajstić information content (AvgIpc) is 2.00. The van der Waals surface area contributed by atoms with Gasteiger partial charge in [0.1, 0.15) is 5.75 Å². The van der Waals surface area contributed by atoms with Gasteiger partial charge in [0.2, 0.25) is 0 Å². The lowest BCUT2D eigenvalue weighted by Gasteiger charge is -2.07. The highest BCUT2D eigenvalue weighted by molar-refractivity contribution is 7.91. The third-order valence-corrected chi connectivity index (χ3v) is 3.04. The Labute approximate surface area is 84.1 Å². The monoisotopic (exact) mass is 240 g/mol. The summed E-state index contributed by atoms with van der Waals surface area (Å²) >= 11 is 0. The van der Waals surface area contributed by atoms with Crippen LogP contribution in [0.25, 0.3) is 0 Å². The minimum atomic E-state index is -5.27. The van der Waals surface area contributed by atoms with Crippen LogP contribution >= 0.6 is 0 Å². The summed E-state index contributed by atoms with van der Waals surface area (Å²) in [4.78, 5) is 0. The molecule has 3 nitrogen and oxygen atoms in total. The van der Waals surface area contributed by atoms with Crippen LogP contribution in [0, 0.1) is 0 Å². The zero-order valence-electron chi connectivity index (χ0n) is 7.32. The Morgan fingerprint density at radius 1 is 1.27 bits per heavy atom. The molecular weight excluding hydrogens is 233 g/mol. The van der Waals surface area contributed by atoms with Gasteiger partial charge in [-0.05, 0) is 17.7 Å². The molecule has 0 aliphatic heterocycles. The summed E-state index contributed by atoms with van der Waals surface area (Å²) in [5, 5.41) is 8.94. The predicted molar refractivity (Wildman–Crippen MR) is 46.8 cm³/mol. The fourth-order valence-corrected chi connectivity index (χ4v) is 1.73. The van der Waals surface area contributed by atoms with Crippen molar-refractivity contribution in [1.29, 1.82) is 0 Å². The molecule has 0 atom stereocenters. The minimum Gasteiger partial charge on any atom is -0.508 e. The smallest absolute Gasteiger partial charge is 0.497 e. The SMILES string of the molecule is O=S(=O)(Cc1cccc(O)c1)C(F)(F)F. The number of sulfone groups is 1. The van der Waals surface area contributed by atoms with E-state index in [0.717, 1.165) is 6.07 Å². The summed E-state index contributed by atoms with van der Waals surface area (Å²) < 4.78 is 57.4. The molecule has 0 unspecified atom stereocenters. The Bertz CT molecular complexity index is 450. The first-order chi connectivity index (χ1) is 6.72. The van der Waals surface area contributed by atoms with Crippen LogP contribution < -0.4 is 0 Å². The zero-order chi connectivity index (χ0) is 11.7. The van der Waals surface area contributed by atoms with E-state index in [1.807, 2.05) is 0 Å². The lowest BCUT2D eigenvalue weighted by Crippen LogP contribution is -2.24. The van der Waals surface area contributed by atoms with Crippen molar-refractivity contribution in [2.24, 2.45) is 0 Å². The molecule has 0 fully saturated rings. The number of hydrogen-bond donors (Lipinski definition) is 1. The second kappa shape index (κ2) is 3.73. The van der Waals surface area contributed by atoms with Gasteiger partial charge in [0.05, 0.1) is 5.75 Å². The van der Waals surface area contributed by atoms with Crippen molar-refractivity contribution in [3.05, 3.63) is 29.8 Å². The summed E-state index contributed by atoms with van der Waals surface area (Å²) in [5.41, 5.74) is -5.37. The molecule has 1 N–H and O–H groups in total. The fraction of sp³-hybridized carbons (Fsp3) is 0.250. The molecule has 7 heteroatoms. The first-order valence-electron chi connectivity index (χ1n) is 3.79. The van der Waals surface area contributed by atoms with Crippen LogP contribution in [0.15, 0.2) is 24.3 Å². The first kappa shape index (κ1) is 11.8. The van der Waals surface area contributed by atoms with Crippen molar-refractivity contribution in [3.63, 3.8) is 0 Å². The third-order valence-electron chi connectivity index (χ3n) is 1.62. The highest BCUT2D eigenvalue weighted by Gasteiger charge is 2.45. The molecule has 0 bridgehead atoms. The number of phenolic OH excluding ortho intramolecular Hbond substituents is 1. The van der Waals surface area contributed by atoms with Gasteiger partial charge in [-0.15, -0.1) is 0 Å². The molecule has 0 aliphatic rings. The van der Waals surface area contributed by atoms with Gasteiger partial charge in [-0.1, -0.05) is 12.1 Å². The van der Waals surface area contributed by atoms with Crippen molar-refractivity contribution < 1.29 is 26.7 Å². The van der Waals surface area contributed by atoms with Crippen LogP contribution in [0.4, 0.5) is 13.2 Å². The van der Waals surface area contributed by atoms with Crippen LogP contribution in [0.3, 0.4) is 0 Å². The van der Waals surface area contributed by atoms with E-state index < -0.39 is 21.1 Å². The topological polar surface area (TPSA) is 54.4 Å². The Morgan fingerprint density at radius 3 is 2.33 bits per heavy atom. The largest absolute Gasteiger partial charge is 0.508 e. The summed E-state index contributed by atoms with van der Waals surface area (Å²) in [6, 6.07) is 4.69. The molecule has 1 aromatic carbocycles. The Kier molecular flexibility index (Phi) is 2.94. The highest BCUT2D eigenvalue weighted by atomic mass is 32.2. The first-order valence-corrected chi connectivity index (χ1v) is 5.44. The number of phenols is 1. The predicted octanol–water partition coefficient (Wildman–Crippen LogP) is 1.83. The summed E-state index contributed by atoms with van der Waals surface area (Å²) in [5.74, 6) is -1.44. The number of alkyl halides is 3. The maximum Gasteiger partial charge on any atom is 0.497 e. The number of rotatable bonds is 2. The van der Waals surface area contributed by atoms with Gasteiger partial charge in [0.25, 0.3) is 9.84 Å². The van der Waals surface area contributed by atoms with Crippen LogP contribution in [0.5, 0.6) is 5.75 Å². The second-order valence-electron chi connectivity index (χ2n) is 2.87. The quantitative estimate of drug-likeness (QED) is 0.857. The molecule has 0 heterocycles. The number of aromatic hydroxyl groups is 1. The van der Waals surface area contributed by atoms with E-state index in [1.54, 1.807) is 0 Å². The van der Waals surface area contributed by atoms with E-state index >= 15 is 0 Å². The minimum absolute atomic E-state index is 0.104. The van der Waals surface area contributed by atoms with E-state index in [2.05, 4.69) is 0 Å². The molecule has 0 aliphatic carbocycles. The highest BCUT2D eigenvalue weighted by Crippen LogP contribution is 2.27. The number of benzene rings is 1. The van der Waals surface area contributed by atoms with Crippen LogP contribution in [-0.2, 0) is 15.6 Å². The van der Waals surface area contributed by atoms with E-state index in [4.69, 9.17) is 5.11 Å². The van der Waals surface area contributed by atoms with Crippen LogP contribution in [-0.4, -0.2) is 19.0 Å². The number of hydrogen-bond acceptors (Lipinski definition) is 3. The summed E-state index contributed by atoms with van der Waals surface area (Å²) in [7, 11) is -5.18. The zero-order valence-corrected chi connectivity index (χ0v) is 8.14. The van der Waals surface area contributed by atoms with Crippen molar-refractivity contribution in [3.8, 4) is 5.75 Å². The van der Waals surface area contributed by atoms with E-state index in [-0.39, 0.29) is 11.3 Å². The van der Waals surface area contributed by atoms with E-state index in [1.165, 1.54) is 18.2 Å². The van der Waals surface area contributed by atoms with Gasteiger partial charge in [0, 0.05) is 0 Å². The molecule has 15 heavy (non-hydrogen) atoms. The summed E-state index contributed by atoms with van der Waals surface area (Å²) in [6.07, 6.45) is 0. The van der Waals surface area contributed by atoms with Gasteiger partial charge in [-0.2, -0.15) is 13.2 Å². The third kappa shape index (κ3) is 2.85. The Hall–Kier alpha value is -1.24. The molecule has 0 saturated heterocycles. The summed E-state index contributed by atoms with van der Waals surface area (Å²) in [6.45, 7) is 0. The lowest BCUT2D eigenvalue weighted by atomic mass is 10.2. The molecule has 0 amide bonds. The maximum atomic E-state index is 12.0. The fourth-order valence-electron chi connectivity index (χ4n) is 0.947. The Morgan fingerprint density at radius 2 is 1.87 bits per heavy atom. The van der Waals surface area contributed by atoms with Gasteiger partial charge in [-0.3, -0.25) is 0 Å². The molecule has 0 radical (unpaired) electrons. The molecule has 0 aromatic heterocycles. The van der Waals surface area contributed by atoms with Crippen molar-refractivity contribution >= 4 is 9.84 Å². The normalized spacial score (nSPS) is 12.7. The molecule has 1 rings (SSSR count). The molecule has 0 spiro atoms. The standard InChI is InChI=1S/C8H7F3O3S/c9-8(10,11)15(13,14)5-6-2-1-3-7(12)4-6/h1-4,12H,5H2. The van der Waals surface area contributed by atoms with Crippen molar-refractivity contribution in [2.75, 3.05) is 0 Å².